The van der Waals surface area contributed by atoms with Crippen molar-refractivity contribution in [3.8, 4) is 5.75 Å². The van der Waals surface area contributed by atoms with Gasteiger partial charge in [0.1, 0.15) is 5.75 Å². The van der Waals surface area contributed by atoms with Crippen molar-refractivity contribution in [2.24, 2.45) is 0 Å². The Morgan fingerprint density at radius 2 is 1.61 bits per heavy atom. The van der Waals surface area contributed by atoms with Crippen molar-refractivity contribution in [2.75, 3.05) is 0 Å². The van der Waals surface area contributed by atoms with Crippen LogP contribution in [0.5, 0.6) is 5.75 Å². The molecule has 4 nitrogen and oxygen atoms in total. The third-order valence-corrected chi connectivity index (χ3v) is 3.65. The first-order valence-corrected chi connectivity index (χ1v) is 7.16. The summed E-state index contributed by atoms with van der Waals surface area (Å²) in [7, 11) is 0. The Bertz CT molecular complexity index is 793. The van der Waals surface area contributed by atoms with Gasteiger partial charge in [-0.3, -0.25) is 4.79 Å². The number of carbonyl (C=O) groups excluding carboxylic acids is 1. The molecular weight excluding hydrogens is 292 g/mol. The highest BCUT2D eigenvalue weighted by molar-refractivity contribution is 6.09. The number of aryl methyl sites for hydroxylation is 3. The van der Waals surface area contributed by atoms with Gasteiger partial charge in [0, 0.05) is 0 Å². The van der Waals surface area contributed by atoms with Crippen LogP contribution in [-0.2, 0) is 0 Å². The summed E-state index contributed by atoms with van der Waals surface area (Å²) in [5.74, 6) is -1.82. The van der Waals surface area contributed by atoms with E-state index in [2.05, 4.69) is 0 Å². The van der Waals surface area contributed by atoms with Crippen LogP contribution in [0, 0.1) is 20.8 Å². The summed E-state index contributed by atoms with van der Waals surface area (Å²) >= 11 is 0. The van der Waals surface area contributed by atoms with Crippen LogP contribution >= 0.6 is 0 Å². The number of rotatable bonds is 4. The van der Waals surface area contributed by atoms with Crippen LogP contribution in [0.2, 0.25) is 0 Å². The summed E-state index contributed by atoms with van der Waals surface area (Å²) in [6.45, 7) is 5.94. The van der Waals surface area contributed by atoms with E-state index in [4.69, 9.17) is 5.11 Å². The first-order chi connectivity index (χ1) is 10.8. The molecule has 0 radical (unpaired) electrons. The number of benzene rings is 2. The standard InChI is InChI=1S/C19H18O4/c1-11-8-12(2)15(13(3)9-11)5-7-18(21)16-10-14(19(22)23)4-6-17(16)20/h4-10,20H,1-3H3,(H,22,23)/b7-5+. The molecule has 0 spiro atoms. The van der Waals surface area contributed by atoms with E-state index in [0.717, 1.165) is 22.3 Å². The molecule has 0 saturated heterocycles. The highest BCUT2D eigenvalue weighted by Gasteiger charge is 2.12. The first kappa shape index (κ1) is 16.5. The van der Waals surface area contributed by atoms with Gasteiger partial charge < -0.3 is 10.2 Å². The number of carboxylic acids is 1. The molecule has 0 unspecified atom stereocenters. The van der Waals surface area contributed by atoms with Gasteiger partial charge in [-0.05, 0) is 61.7 Å². The van der Waals surface area contributed by atoms with Crippen molar-refractivity contribution in [2.45, 2.75) is 20.8 Å². The van der Waals surface area contributed by atoms with E-state index in [-0.39, 0.29) is 16.9 Å². The quantitative estimate of drug-likeness (QED) is 0.663. The molecule has 2 N–H and O–H groups in total. The van der Waals surface area contributed by atoms with Crippen molar-refractivity contribution in [1.82, 2.24) is 0 Å². The van der Waals surface area contributed by atoms with Gasteiger partial charge >= 0.3 is 5.97 Å². The van der Waals surface area contributed by atoms with Gasteiger partial charge in [-0.15, -0.1) is 0 Å². The Morgan fingerprint density at radius 3 is 2.17 bits per heavy atom. The number of allylic oxidation sites excluding steroid dienone is 1. The number of carbonyl (C=O) groups is 2. The molecule has 23 heavy (non-hydrogen) atoms. The number of hydrogen-bond acceptors (Lipinski definition) is 3. The molecule has 0 heterocycles. The van der Waals surface area contributed by atoms with Crippen LogP contribution in [0.15, 0.2) is 36.4 Å². The fraction of sp³-hybridized carbons (Fsp3) is 0.158. The van der Waals surface area contributed by atoms with Crippen molar-refractivity contribution in [1.29, 1.82) is 0 Å². The van der Waals surface area contributed by atoms with E-state index in [9.17, 15) is 14.7 Å². The van der Waals surface area contributed by atoms with Gasteiger partial charge in [0.15, 0.2) is 5.78 Å². The third-order valence-electron chi connectivity index (χ3n) is 3.65. The predicted molar refractivity (Wildman–Crippen MR) is 89.1 cm³/mol. The van der Waals surface area contributed by atoms with Crippen molar-refractivity contribution >= 4 is 17.8 Å². The van der Waals surface area contributed by atoms with Gasteiger partial charge in [-0.1, -0.05) is 23.8 Å². The van der Waals surface area contributed by atoms with Crippen LogP contribution in [0.4, 0.5) is 0 Å². The number of phenols is 1. The van der Waals surface area contributed by atoms with Gasteiger partial charge in [0.05, 0.1) is 11.1 Å². The highest BCUT2D eigenvalue weighted by atomic mass is 16.4. The summed E-state index contributed by atoms with van der Waals surface area (Å²) < 4.78 is 0. The van der Waals surface area contributed by atoms with Crippen LogP contribution in [-0.4, -0.2) is 22.0 Å². The van der Waals surface area contributed by atoms with Crippen LogP contribution in [0.1, 0.15) is 43.0 Å². The summed E-state index contributed by atoms with van der Waals surface area (Å²) in [4.78, 5) is 23.2. The fourth-order valence-corrected chi connectivity index (χ4v) is 2.57. The number of ketones is 1. The smallest absolute Gasteiger partial charge is 0.335 e. The van der Waals surface area contributed by atoms with Crippen LogP contribution in [0.3, 0.4) is 0 Å². The van der Waals surface area contributed by atoms with E-state index >= 15 is 0 Å². The average molecular weight is 310 g/mol. The lowest BCUT2D eigenvalue weighted by Crippen LogP contribution is -2.01. The molecule has 0 saturated carbocycles. The van der Waals surface area contributed by atoms with E-state index in [1.165, 1.54) is 24.3 Å². The molecule has 0 amide bonds. The number of phenolic OH excluding ortho intramolecular Hbond substituents is 1. The van der Waals surface area contributed by atoms with E-state index < -0.39 is 11.8 Å². The zero-order valence-electron chi connectivity index (χ0n) is 13.3. The molecule has 0 aliphatic carbocycles. The monoisotopic (exact) mass is 310 g/mol. The zero-order chi connectivity index (χ0) is 17.1. The van der Waals surface area contributed by atoms with Crippen molar-refractivity contribution in [3.05, 3.63) is 69.8 Å². The van der Waals surface area contributed by atoms with E-state index in [1.807, 2.05) is 32.9 Å². The molecule has 2 aromatic rings. The summed E-state index contributed by atoms with van der Waals surface area (Å²) in [5, 5.41) is 18.8. The molecule has 0 bridgehead atoms. The summed E-state index contributed by atoms with van der Waals surface area (Å²) in [6.07, 6.45) is 3.05. The second-order valence-corrected chi connectivity index (χ2v) is 5.55. The normalized spacial score (nSPS) is 10.9. The number of hydrogen-bond donors (Lipinski definition) is 2. The van der Waals surface area contributed by atoms with Crippen LogP contribution < -0.4 is 0 Å². The minimum atomic E-state index is -1.15. The third kappa shape index (κ3) is 3.66. The van der Waals surface area contributed by atoms with Crippen LogP contribution in [0.25, 0.3) is 6.08 Å². The molecule has 0 atom stereocenters. The Labute approximate surface area is 134 Å². The summed E-state index contributed by atoms with van der Waals surface area (Å²) in [6, 6.07) is 7.71. The lowest BCUT2D eigenvalue weighted by atomic mass is 9.98. The number of carboxylic acid groups (broad SMARTS) is 1. The van der Waals surface area contributed by atoms with Crippen molar-refractivity contribution < 1.29 is 19.8 Å². The molecule has 0 aromatic heterocycles. The molecule has 118 valence electrons. The van der Waals surface area contributed by atoms with Crippen molar-refractivity contribution in [3.63, 3.8) is 0 Å². The maximum Gasteiger partial charge on any atom is 0.335 e. The van der Waals surface area contributed by atoms with E-state index in [0.29, 0.717) is 0 Å². The first-order valence-electron chi connectivity index (χ1n) is 7.16. The van der Waals surface area contributed by atoms with Gasteiger partial charge in [-0.25, -0.2) is 4.79 Å². The Kier molecular flexibility index (Phi) is 4.65. The molecule has 2 aromatic carbocycles. The molecule has 4 heteroatoms. The number of aromatic hydroxyl groups is 1. The minimum Gasteiger partial charge on any atom is -0.507 e. The molecule has 0 fully saturated rings. The second-order valence-electron chi connectivity index (χ2n) is 5.55. The topological polar surface area (TPSA) is 74.6 Å². The molecule has 0 aliphatic rings. The van der Waals surface area contributed by atoms with Gasteiger partial charge in [0.25, 0.3) is 0 Å². The highest BCUT2D eigenvalue weighted by Crippen LogP contribution is 2.22. The van der Waals surface area contributed by atoms with Gasteiger partial charge in [-0.2, -0.15) is 0 Å². The second kappa shape index (κ2) is 6.48. The molecular formula is C19H18O4. The average Bonchev–Trinajstić information content (AvgIpc) is 2.46. The van der Waals surface area contributed by atoms with E-state index in [1.54, 1.807) is 6.08 Å². The maximum absolute atomic E-state index is 12.3. The Hall–Kier alpha value is -2.88. The lowest BCUT2D eigenvalue weighted by molar-refractivity contribution is 0.0697. The number of aromatic carboxylic acids is 1. The minimum absolute atomic E-state index is 0.0245. The Balaban J connectivity index is 2.36. The maximum atomic E-state index is 12.3. The lowest BCUT2D eigenvalue weighted by Gasteiger charge is -2.07. The zero-order valence-corrected chi connectivity index (χ0v) is 13.3. The SMILES string of the molecule is Cc1cc(C)c(/C=C/C(=O)c2cc(C(=O)O)ccc2O)c(C)c1. The fourth-order valence-electron chi connectivity index (χ4n) is 2.57. The largest absolute Gasteiger partial charge is 0.507 e. The Morgan fingerprint density at radius 1 is 1.00 bits per heavy atom. The van der Waals surface area contributed by atoms with Gasteiger partial charge in [0.2, 0.25) is 0 Å². The predicted octanol–water partition coefficient (Wildman–Crippen LogP) is 3.91. The molecule has 0 aliphatic heterocycles. The molecule has 2 rings (SSSR count). The summed E-state index contributed by atoms with van der Waals surface area (Å²) in [5.41, 5.74) is 4.13.